The van der Waals surface area contributed by atoms with Crippen LogP contribution in [0.2, 0.25) is 0 Å². The number of amides is 1. The summed E-state index contributed by atoms with van der Waals surface area (Å²) in [6.45, 7) is 2.18. The molecule has 0 aliphatic heterocycles. The van der Waals surface area contributed by atoms with Gasteiger partial charge in [-0.25, -0.2) is 4.39 Å². The fourth-order valence-electron chi connectivity index (χ4n) is 3.24. The van der Waals surface area contributed by atoms with Crippen LogP contribution < -0.4 is 10.7 Å². The molecule has 0 saturated heterocycles. The minimum Gasteiger partial charge on any atom is -0.348 e. The molecule has 1 aromatic heterocycles. The first-order valence-corrected chi connectivity index (χ1v) is 8.08. The van der Waals surface area contributed by atoms with E-state index in [1.165, 1.54) is 18.2 Å². The van der Waals surface area contributed by atoms with Crippen molar-refractivity contribution in [3.8, 4) is 0 Å². The lowest BCUT2D eigenvalue weighted by Crippen LogP contribution is -2.40. The van der Waals surface area contributed by atoms with Crippen LogP contribution in [-0.2, 0) is 0 Å². The van der Waals surface area contributed by atoms with Crippen molar-refractivity contribution in [1.82, 2.24) is 15.5 Å². The number of halogens is 1. The normalized spacial score (nSPS) is 21.3. The summed E-state index contributed by atoms with van der Waals surface area (Å²) in [6.07, 6.45) is 5.19. The van der Waals surface area contributed by atoms with Crippen molar-refractivity contribution in [3.05, 3.63) is 39.9 Å². The molecule has 122 valence electrons. The number of nitrogens with one attached hydrogen (secondary N) is 2. The van der Waals surface area contributed by atoms with Crippen molar-refractivity contribution in [2.24, 2.45) is 5.92 Å². The minimum absolute atomic E-state index is 0.0255. The number of carbonyl (C=O) groups excluding carboxylic acids is 1. The molecule has 0 radical (unpaired) electrons. The third kappa shape index (κ3) is 3.11. The fraction of sp³-hybridized carbons (Fsp3) is 0.471. The minimum atomic E-state index is -0.558. The summed E-state index contributed by atoms with van der Waals surface area (Å²) in [5.41, 5.74) is -0.726. The summed E-state index contributed by atoms with van der Waals surface area (Å²) in [4.78, 5) is 24.7. The van der Waals surface area contributed by atoms with E-state index in [9.17, 15) is 14.0 Å². The number of H-pyrrole nitrogens is 1. The number of fused-ring (bicyclic) bond motifs is 1. The van der Waals surface area contributed by atoms with E-state index in [4.69, 9.17) is 0 Å². The highest BCUT2D eigenvalue weighted by molar-refractivity contribution is 5.95. The zero-order chi connectivity index (χ0) is 16.4. The predicted octanol–water partition coefficient (Wildman–Crippen LogP) is 2.76. The van der Waals surface area contributed by atoms with E-state index in [0.29, 0.717) is 0 Å². The summed E-state index contributed by atoms with van der Waals surface area (Å²) in [7, 11) is 0. The van der Waals surface area contributed by atoms with Crippen molar-refractivity contribution in [1.29, 1.82) is 0 Å². The number of benzene rings is 1. The van der Waals surface area contributed by atoms with Gasteiger partial charge in [-0.05, 0) is 43.7 Å². The van der Waals surface area contributed by atoms with Crippen LogP contribution in [-0.4, -0.2) is 22.1 Å². The Labute approximate surface area is 133 Å². The monoisotopic (exact) mass is 317 g/mol. The second-order valence-electron chi connectivity index (χ2n) is 6.16. The van der Waals surface area contributed by atoms with Gasteiger partial charge in [-0.3, -0.25) is 14.7 Å². The van der Waals surface area contributed by atoms with Gasteiger partial charge in [0.15, 0.2) is 5.69 Å². The lowest BCUT2D eigenvalue weighted by molar-refractivity contribution is 0.0914. The van der Waals surface area contributed by atoms with Crippen molar-refractivity contribution in [2.45, 2.75) is 45.1 Å². The molecule has 2 aromatic rings. The van der Waals surface area contributed by atoms with Crippen LogP contribution in [0.5, 0.6) is 0 Å². The Kier molecular flexibility index (Phi) is 4.41. The van der Waals surface area contributed by atoms with Gasteiger partial charge in [0.1, 0.15) is 11.3 Å². The maximum Gasteiger partial charge on any atom is 0.276 e. The highest BCUT2D eigenvalue weighted by Gasteiger charge is 2.24. The van der Waals surface area contributed by atoms with E-state index in [0.717, 1.165) is 38.0 Å². The molecule has 0 atom stereocenters. The van der Waals surface area contributed by atoms with Gasteiger partial charge >= 0.3 is 0 Å². The van der Waals surface area contributed by atoms with Gasteiger partial charge < -0.3 is 5.32 Å². The van der Waals surface area contributed by atoms with Crippen LogP contribution in [0.4, 0.5) is 4.39 Å². The van der Waals surface area contributed by atoms with Crippen LogP contribution in [0.1, 0.15) is 49.5 Å². The average molecular weight is 317 g/mol. The Morgan fingerprint density at radius 2 is 2.09 bits per heavy atom. The number of rotatable bonds is 3. The molecule has 1 fully saturated rings. The smallest absolute Gasteiger partial charge is 0.276 e. The number of carbonyl (C=O) groups is 1. The van der Waals surface area contributed by atoms with Gasteiger partial charge in [0.05, 0.1) is 5.39 Å². The standard InChI is InChI=1S/C17H20FN3O2/c1-2-10-6-8-11(9-7-10)19-17(23)15-16(22)12-4-3-5-13(18)14(12)20-21-15/h3-5,10-11H,2,6-9H2,1H3,(H,19,23)(H,20,22). The van der Waals surface area contributed by atoms with Gasteiger partial charge in [0.25, 0.3) is 5.91 Å². The van der Waals surface area contributed by atoms with Gasteiger partial charge in [0.2, 0.25) is 5.43 Å². The van der Waals surface area contributed by atoms with E-state index < -0.39 is 17.2 Å². The lowest BCUT2D eigenvalue weighted by Gasteiger charge is -2.28. The zero-order valence-electron chi connectivity index (χ0n) is 13.1. The number of hydrogen-bond acceptors (Lipinski definition) is 3. The molecule has 0 spiro atoms. The lowest BCUT2D eigenvalue weighted by atomic mass is 9.84. The van der Waals surface area contributed by atoms with Gasteiger partial charge in [-0.15, -0.1) is 0 Å². The van der Waals surface area contributed by atoms with E-state index in [1.54, 1.807) is 0 Å². The molecule has 6 heteroatoms. The first kappa shape index (κ1) is 15.6. The van der Waals surface area contributed by atoms with Gasteiger partial charge in [-0.2, -0.15) is 5.10 Å². The Morgan fingerprint density at radius 3 is 2.78 bits per heavy atom. The third-order valence-electron chi connectivity index (χ3n) is 4.73. The molecule has 1 aliphatic carbocycles. The second-order valence-corrected chi connectivity index (χ2v) is 6.16. The number of hydrogen-bond donors (Lipinski definition) is 2. The molecular weight excluding hydrogens is 297 g/mol. The fourth-order valence-corrected chi connectivity index (χ4v) is 3.24. The van der Waals surface area contributed by atoms with E-state index in [-0.39, 0.29) is 22.6 Å². The molecule has 5 nitrogen and oxygen atoms in total. The molecule has 3 rings (SSSR count). The Morgan fingerprint density at radius 1 is 1.35 bits per heavy atom. The van der Waals surface area contributed by atoms with E-state index >= 15 is 0 Å². The number of aromatic nitrogens is 2. The first-order chi connectivity index (χ1) is 11.1. The van der Waals surface area contributed by atoms with Gasteiger partial charge in [0, 0.05) is 6.04 Å². The van der Waals surface area contributed by atoms with Crippen molar-refractivity contribution in [3.63, 3.8) is 0 Å². The molecule has 1 aliphatic rings. The Hall–Kier alpha value is -2.24. The average Bonchev–Trinajstić information content (AvgIpc) is 2.56. The Balaban J connectivity index is 1.79. The van der Waals surface area contributed by atoms with Crippen molar-refractivity contribution in [2.75, 3.05) is 0 Å². The van der Waals surface area contributed by atoms with Crippen LogP contribution in [0.15, 0.2) is 23.0 Å². The number of aromatic amines is 1. The first-order valence-electron chi connectivity index (χ1n) is 8.08. The molecular formula is C17H20FN3O2. The summed E-state index contributed by atoms with van der Waals surface area (Å²) in [6, 6.07) is 4.25. The molecule has 2 N–H and O–H groups in total. The molecule has 0 bridgehead atoms. The van der Waals surface area contributed by atoms with E-state index in [1.807, 2.05) is 0 Å². The maximum absolute atomic E-state index is 13.6. The quantitative estimate of drug-likeness (QED) is 0.914. The van der Waals surface area contributed by atoms with Crippen LogP contribution in [0.25, 0.3) is 10.9 Å². The predicted molar refractivity (Wildman–Crippen MR) is 85.8 cm³/mol. The zero-order valence-corrected chi connectivity index (χ0v) is 13.1. The second kappa shape index (κ2) is 6.48. The summed E-state index contributed by atoms with van der Waals surface area (Å²) < 4.78 is 13.6. The summed E-state index contributed by atoms with van der Waals surface area (Å²) in [5.74, 6) is -0.317. The van der Waals surface area contributed by atoms with Crippen LogP contribution in [0, 0.1) is 11.7 Å². The molecule has 0 unspecified atom stereocenters. The van der Waals surface area contributed by atoms with Crippen LogP contribution in [0.3, 0.4) is 0 Å². The highest BCUT2D eigenvalue weighted by Crippen LogP contribution is 2.26. The summed E-state index contributed by atoms with van der Waals surface area (Å²) in [5, 5.41) is 9.27. The Bertz CT molecular complexity index is 779. The van der Waals surface area contributed by atoms with E-state index in [2.05, 4.69) is 22.4 Å². The topological polar surface area (TPSA) is 74.8 Å². The SMILES string of the molecule is CCC1CCC(NC(=O)c2n[nH]c3c(F)cccc3c2=O)CC1. The molecule has 1 heterocycles. The maximum atomic E-state index is 13.6. The van der Waals surface area contributed by atoms with Crippen LogP contribution >= 0.6 is 0 Å². The number of nitrogens with zero attached hydrogens (tertiary/aromatic N) is 1. The third-order valence-corrected chi connectivity index (χ3v) is 4.73. The molecule has 1 amide bonds. The van der Waals surface area contributed by atoms with Crippen molar-refractivity contribution < 1.29 is 9.18 Å². The number of para-hydroxylation sites is 1. The largest absolute Gasteiger partial charge is 0.348 e. The summed E-state index contributed by atoms with van der Waals surface area (Å²) >= 11 is 0. The molecule has 23 heavy (non-hydrogen) atoms. The van der Waals surface area contributed by atoms with Crippen molar-refractivity contribution >= 4 is 16.8 Å². The molecule has 1 aromatic carbocycles. The molecule has 1 saturated carbocycles. The highest BCUT2D eigenvalue weighted by atomic mass is 19.1. The van der Waals surface area contributed by atoms with Gasteiger partial charge in [-0.1, -0.05) is 19.4 Å².